The van der Waals surface area contributed by atoms with Gasteiger partial charge in [0.1, 0.15) is 5.54 Å². The van der Waals surface area contributed by atoms with Gasteiger partial charge >= 0.3 is 0 Å². The van der Waals surface area contributed by atoms with Gasteiger partial charge in [0.15, 0.2) is 0 Å². The molecule has 1 aliphatic carbocycles. The molecule has 3 atom stereocenters. The normalized spacial score (nSPS) is 26.4. The van der Waals surface area contributed by atoms with Crippen molar-refractivity contribution in [1.82, 2.24) is 5.32 Å². The van der Waals surface area contributed by atoms with Crippen molar-refractivity contribution in [2.45, 2.75) is 44.6 Å². The van der Waals surface area contributed by atoms with Crippen molar-refractivity contribution in [3.63, 3.8) is 0 Å². The highest BCUT2D eigenvalue weighted by Crippen LogP contribution is 2.49. The maximum absolute atomic E-state index is 12.5. The monoisotopic (exact) mass is 352 g/mol. The molecule has 1 aromatic rings. The molecule has 1 saturated carbocycles. The van der Waals surface area contributed by atoms with Crippen LogP contribution in [0.15, 0.2) is 30.3 Å². The molecule has 0 aliphatic heterocycles. The summed E-state index contributed by atoms with van der Waals surface area (Å²) in [6, 6.07) is 9.70. The summed E-state index contributed by atoms with van der Waals surface area (Å²) in [6.07, 6.45) is 0.526. The molecule has 1 fully saturated rings. The van der Waals surface area contributed by atoms with Crippen LogP contribution in [0.4, 0.5) is 0 Å². The van der Waals surface area contributed by atoms with Crippen molar-refractivity contribution in [1.29, 1.82) is 0 Å². The molecule has 3 N–H and O–H groups in total. The lowest BCUT2D eigenvalue weighted by molar-refractivity contribution is -0.170. The molecule has 5 nitrogen and oxygen atoms in total. The summed E-state index contributed by atoms with van der Waals surface area (Å²) < 4.78 is 17.7. The molecule has 1 aromatic carbocycles. The maximum atomic E-state index is 12.5. The van der Waals surface area contributed by atoms with Gasteiger partial charge in [-0.15, -0.1) is 0 Å². The van der Waals surface area contributed by atoms with E-state index in [0.29, 0.717) is 31.1 Å². The number of benzene rings is 1. The van der Waals surface area contributed by atoms with Gasteiger partial charge in [0.25, 0.3) is 0 Å². The fourth-order valence-corrected chi connectivity index (χ4v) is 4.13. The lowest BCUT2D eigenvalue weighted by Gasteiger charge is -2.57. The Morgan fingerprint density at radius 2 is 2.04 bits per heavy atom. The Bertz CT molecular complexity index is 591. The largest absolute Gasteiger partial charge is 0.378 e. The van der Waals surface area contributed by atoms with Crippen molar-refractivity contribution in [3.8, 4) is 0 Å². The first-order valence-electron chi connectivity index (χ1n) is 8.39. The third-order valence-corrected chi connectivity index (χ3v) is 6.34. The van der Waals surface area contributed by atoms with Crippen molar-refractivity contribution < 1.29 is 13.7 Å². The first kappa shape index (κ1) is 19.1. The van der Waals surface area contributed by atoms with Crippen LogP contribution in [0.1, 0.15) is 32.8 Å². The molecule has 0 heterocycles. The highest BCUT2D eigenvalue weighted by Gasteiger charge is 2.62. The van der Waals surface area contributed by atoms with Crippen LogP contribution in [0.5, 0.6) is 0 Å². The Morgan fingerprint density at radius 3 is 2.62 bits per heavy atom. The Kier molecular flexibility index (Phi) is 6.17. The minimum Gasteiger partial charge on any atom is -0.378 e. The zero-order valence-corrected chi connectivity index (χ0v) is 15.5. The molecule has 0 spiro atoms. The molecule has 1 amide bonds. The van der Waals surface area contributed by atoms with Gasteiger partial charge < -0.3 is 15.8 Å². The van der Waals surface area contributed by atoms with E-state index in [2.05, 4.69) is 5.32 Å². The average Bonchev–Trinajstić information content (AvgIpc) is 2.55. The van der Waals surface area contributed by atoms with Gasteiger partial charge in [-0.25, -0.2) is 0 Å². The fourth-order valence-electron chi connectivity index (χ4n) is 3.09. The smallest absolute Gasteiger partial charge is 0.240 e. The first-order chi connectivity index (χ1) is 11.3. The number of rotatable bonds is 8. The molecule has 3 unspecified atom stereocenters. The number of hydrogen-bond acceptors (Lipinski definition) is 4. The molecule has 2 rings (SSSR count). The SMILES string of the molecule is CCOC1CC(N)(C(=O)NCCS(=O)Cc2ccccc2)C1(C)C. The van der Waals surface area contributed by atoms with E-state index in [1.807, 2.05) is 51.1 Å². The lowest BCUT2D eigenvalue weighted by atomic mass is 9.54. The predicted octanol–water partition coefficient (Wildman–Crippen LogP) is 1.58. The topological polar surface area (TPSA) is 81.4 Å². The predicted molar refractivity (Wildman–Crippen MR) is 96.9 cm³/mol. The zero-order chi connectivity index (χ0) is 17.8. The standard InChI is InChI=1S/C18H28N2O3S/c1-4-23-15-12-18(19,17(15,2)3)16(21)20-10-11-24(22)13-14-8-6-5-7-9-14/h5-9,15H,4,10-13,19H2,1-3H3,(H,20,21). The second-order valence-corrected chi connectivity index (χ2v) is 8.45. The van der Waals surface area contributed by atoms with Gasteiger partial charge in [0, 0.05) is 47.3 Å². The van der Waals surface area contributed by atoms with Crippen LogP contribution in [-0.2, 0) is 26.1 Å². The summed E-state index contributed by atoms with van der Waals surface area (Å²) in [4.78, 5) is 12.5. The van der Waals surface area contributed by atoms with Crippen molar-refractivity contribution in [2.75, 3.05) is 18.9 Å². The van der Waals surface area contributed by atoms with E-state index in [-0.39, 0.29) is 12.0 Å². The lowest BCUT2D eigenvalue weighted by Crippen LogP contribution is -2.75. The van der Waals surface area contributed by atoms with Gasteiger partial charge in [0.05, 0.1) is 6.10 Å². The molecule has 134 valence electrons. The molecule has 1 aliphatic rings. The number of carbonyl (C=O) groups is 1. The maximum Gasteiger partial charge on any atom is 0.240 e. The summed E-state index contributed by atoms with van der Waals surface area (Å²) in [5.41, 5.74) is 6.03. The van der Waals surface area contributed by atoms with Crippen LogP contribution < -0.4 is 11.1 Å². The third-order valence-electron chi connectivity index (χ3n) is 5.02. The molecule has 24 heavy (non-hydrogen) atoms. The van der Waals surface area contributed by atoms with E-state index < -0.39 is 21.8 Å². The van der Waals surface area contributed by atoms with Crippen molar-refractivity contribution in [2.24, 2.45) is 11.1 Å². The van der Waals surface area contributed by atoms with Crippen LogP contribution in [0, 0.1) is 5.41 Å². The number of ether oxygens (including phenoxy) is 1. The molecule has 6 heteroatoms. The van der Waals surface area contributed by atoms with E-state index >= 15 is 0 Å². The van der Waals surface area contributed by atoms with E-state index in [4.69, 9.17) is 10.5 Å². The first-order valence-corrected chi connectivity index (χ1v) is 9.87. The summed E-state index contributed by atoms with van der Waals surface area (Å²) >= 11 is 0. The Hall–Kier alpha value is -1.24. The van der Waals surface area contributed by atoms with Gasteiger partial charge in [-0.1, -0.05) is 44.2 Å². The van der Waals surface area contributed by atoms with E-state index in [1.165, 1.54) is 0 Å². The van der Waals surface area contributed by atoms with Crippen molar-refractivity contribution >= 4 is 16.7 Å². The van der Waals surface area contributed by atoms with Gasteiger partial charge in [-0.3, -0.25) is 9.00 Å². The molecule has 0 radical (unpaired) electrons. The number of nitrogens with two attached hydrogens (primary N) is 1. The third kappa shape index (κ3) is 3.87. The fraction of sp³-hybridized carbons (Fsp3) is 0.611. The summed E-state index contributed by atoms with van der Waals surface area (Å²) in [5, 5.41) is 2.85. The molecule has 0 saturated heterocycles. The Labute approximate surface area is 146 Å². The van der Waals surface area contributed by atoms with Crippen LogP contribution in [0.3, 0.4) is 0 Å². The van der Waals surface area contributed by atoms with Crippen LogP contribution in [-0.4, -0.2) is 40.7 Å². The van der Waals surface area contributed by atoms with E-state index in [9.17, 15) is 9.00 Å². The molecular formula is C18H28N2O3S. The quantitative estimate of drug-likeness (QED) is 0.744. The number of nitrogens with one attached hydrogen (secondary N) is 1. The molecule has 0 bridgehead atoms. The van der Waals surface area contributed by atoms with E-state index in [0.717, 1.165) is 5.56 Å². The van der Waals surface area contributed by atoms with Crippen LogP contribution >= 0.6 is 0 Å². The van der Waals surface area contributed by atoms with Gasteiger partial charge in [-0.2, -0.15) is 0 Å². The second-order valence-electron chi connectivity index (χ2n) is 6.87. The minimum absolute atomic E-state index is 0.00506. The Balaban J connectivity index is 1.78. The number of amides is 1. The number of hydrogen-bond donors (Lipinski definition) is 2. The summed E-state index contributed by atoms with van der Waals surface area (Å²) in [6.45, 7) is 6.85. The molecule has 0 aromatic heterocycles. The van der Waals surface area contributed by atoms with E-state index in [1.54, 1.807) is 0 Å². The van der Waals surface area contributed by atoms with Crippen LogP contribution in [0.25, 0.3) is 0 Å². The summed E-state index contributed by atoms with van der Waals surface area (Å²) in [5.74, 6) is 0.745. The minimum atomic E-state index is -1.01. The zero-order valence-electron chi connectivity index (χ0n) is 14.7. The highest BCUT2D eigenvalue weighted by molar-refractivity contribution is 7.84. The average molecular weight is 353 g/mol. The van der Waals surface area contributed by atoms with Crippen LogP contribution in [0.2, 0.25) is 0 Å². The highest BCUT2D eigenvalue weighted by atomic mass is 32.2. The number of carbonyl (C=O) groups excluding carboxylic acids is 1. The second kappa shape index (κ2) is 7.76. The van der Waals surface area contributed by atoms with Gasteiger partial charge in [-0.05, 0) is 12.5 Å². The molecular weight excluding hydrogens is 324 g/mol. The van der Waals surface area contributed by atoms with Crippen molar-refractivity contribution in [3.05, 3.63) is 35.9 Å². The Morgan fingerprint density at radius 1 is 1.38 bits per heavy atom. The van der Waals surface area contributed by atoms with Gasteiger partial charge in [0.2, 0.25) is 5.91 Å². The summed E-state index contributed by atoms with van der Waals surface area (Å²) in [7, 11) is -1.01.